The number of rotatable bonds is 1. The van der Waals surface area contributed by atoms with Gasteiger partial charge in [0.05, 0.1) is 0 Å². The maximum Gasteiger partial charge on any atom is 0.0160 e. The molecule has 2 heteroatoms. The molecule has 0 saturated carbocycles. The van der Waals surface area contributed by atoms with E-state index in [-0.39, 0.29) is 25.5 Å². The summed E-state index contributed by atoms with van der Waals surface area (Å²) in [7, 11) is 0. The zero-order chi connectivity index (χ0) is 16.7. The minimum Gasteiger partial charge on any atom is -0.305 e. The molecule has 0 saturated heterocycles. The molecule has 3 aromatic carbocycles. The van der Waals surface area contributed by atoms with Gasteiger partial charge in [0, 0.05) is 26.3 Å². The fraction of sp³-hybridized carbons (Fsp3) is 0.174. The third-order valence-electron chi connectivity index (χ3n) is 4.57. The fourth-order valence-electron chi connectivity index (χ4n) is 3.14. The maximum absolute atomic E-state index is 4.43. The molecule has 0 aliphatic heterocycles. The van der Waals surface area contributed by atoms with Crippen molar-refractivity contribution in [3.05, 3.63) is 78.5 Å². The normalized spacial score (nSPS) is 11.5. The van der Waals surface area contributed by atoms with Crippen LogP contribution in [0.5, 0.6) is 0 Å². The van der Waals surface area contributed by atoms with Crippen molar-refractivity contribution < 1.29 is 20.1 Å². The SMILES string of the molecule is CC(C)(C)c1ccc2c(ccc3cc(-c4ccccn4)[c-]cc32)c1.[Ir]. The molecule has 1 aromatic heterocycles. The summed E-state index contributed by atoms with van der Waals surface area (Å²) in [6.07, 6.45) is 1.82. The van der Waals surface area contributed by atoms with Crippen LogP contribution in [0.1, 0.15) is 26.3 Å². The van der Waals surface area contributed by atoms with Gasteiger partial charge in [-0.2, -0.15) is 0 Å². The Kier molecular flexibility index (Phi) is 4.77. The van der Waals surface area contributed by atoms with Gasteiger partial charge in [0.2, 0.25) is 0 Å². The third-order valence-corrected chi connectivity index (χ3v) is 4.57. The Hall–Kier alpha value is -2.02. The number of nitrogens with zero attached hydrogens (tertiary/aromatic N) is 1. The number of benzene rings is 3. The van der Waals surface area contributed by atoms with E-state index in [2.05, 4.69) is 74.3 Å². The van der Waals surface area contributed by atoms with Crippen LogP contribution in [0.2, 0.25) is 0 Å². The smallest absolute Gasteiger partial charge is 0.0160 e. The minimum absolute atomic E-state index is 0. The van der Waals surface area contributed by atoms with Crippen molar-refractivity contribution in [1.82, 2.24) is 4.98 Å². The number of hydrogen-bond acceptors (Lipinski definition) is 1. The summed E-state index contributed by atoms with van der Waals surface area (Å²) in [4.78, 5) is 4.43. The largest absolute Gasteiger partial charge is 0.305 e. The Morgan fingerprint density at radius 2 is 1.60 bits per heavy atom. The van der Waals surface area contributed by atoms with Crippen molar-refractivity contribution in [1.29, 1.82) is 0 Å². The van der Waals surface area contributed by atoms with Gasteiger partial charge in [-0.3, -0.25) is 0 Å². The average molecular weight is 503 g/mol. The molecule has 4 aromatic rings. The van der Waals surface area contributed by atoms with Gasteiger partial charge in [-0.15, -0.1) is 29.1 Å². The molecule has 0 bridgehead atoms. The van der Waals surface area contributed by atoms with Crippen molar-refractivity contribution in [3.8, 4) is 11.3 Å². The average Bonchev–Trinajstić information content (AvgIpc) is 2.60. The van der Waals surface area contributed by atoms with Crippen LogP contribution in [0.3, 0.4) is 0 Å². The summed E-state index contributed by atoms with van der Waals surface area (Å²) in [6, 6.07) is 24.8. The number of fused-ring (bicyclic) bond motifs is 3. The summed E-state index contributed by atoms with van der Waals surface area (Å²) in [5, 5.41) is 5.04. The van der Waals surface area contributed by atoms with Crippen LogP contribution in [0.4, 0.5) is 0 Å². The molecule has 1 nitrogen and oxygen atoms in total. The van der Waals surface area contributed by atoms with Crippen molar-refractivity contribution >= 4 is 21.5 Å². The van der Waals surface area contributed by atoms with Gasteiger partial charge in [0.15, 0.2) is 0 Å². The number of aromatic nitrogens is 1. The Morgan fingerprint density at radius 3 is 2.28 bits per heavy atom. The molecular weight excluding hydrogens is 482 g/mol. The second-order valence-electron chi connectivity index (χ2n) is 7.32. The van der Waals surface area contributed by atoms with E-state index in [1.54, 1.807) is 0 Å². The maximum atomic E-state index is 4.43. The van der Waals surface area contributed by atoms with E-state index < -0.39 is 0 Å². The first-order valence-corrected chi connectivity index (χ1v) is 8.32. The van der Waals surface area contributed by atoms with E-state index in [0.29, 0.717) is 0 Å². The molecule has 0 N–H and O–H groups in total. The van der Waals surface area contributed by atoms with E-state index in [1.165, 1.54) is 27.1 Å². The van der Waals surface area contributed by atoms with Crippen LogP contribution in [-0.4, -0.2) is 4.98 Å². The molecule has 4 rings (SSSR count). The van der Waals surface area contributed by atoms with Gasteiger partial charge in [0.25, 0.3) is 0 Å². The molecule has 0 atom stereocenters. The monoisotopic (exact) mass is 503 g/mol. The molecular formula is C23H20IrN-. The molecule has 0 unspecified atom stereocenters. The standard InChI is InChI=1S/C23H20N.Ir/c1-23(2,3)19-10-12-21-17(15-19)8-7-16-14-18(9-11-20(16)21)22-6-4-5-13-24-22;/h4-8,10-15H,1-3H3;/q-1;. The van der Waals surface area contributed by atoms with Gasteiger partial charge in [0.1, 0.15) is 0 Å². The first kappa shape index (κ1) is 17.8. The van der Waals surface area contributed by atoms with Crippen LogP contribution >= 0.6 is 0 Å². The van der Waals surface area contributed by atoms with Crippen molar-refractivity contribution in [2.45, 2.75) is 26.2 Å². The van der Waals surface area contributed by atoms with Crippen LogP contribution in [0.15, 0.2) is 66.9 Å². The van der Waals surface area contributed by atoms with Crippen molar-refractivity contribution in [3.63, 3.8) is 0 Å². The van der Waals surface area contributed by atoms with Crippen molar-refractivity contribution in [2.75, 3.05) is 0 Å². The van der Waals surface area contributed by atoms with Gasteiger partial charge in [-0.05, 0) is 28.1 Å². The summed E-state index contributed by atoms with van der Waals surface area (Å²) < 4.78 is 0. The van der Waals surface area contributed by atoms with Gasteiger partial charge in [-0.25, -0.2) is 0 Å². The molecule has 0 aliphatic rings. The van der Waals surface area contributed by atoms with Crippen LogP contribution < -0.4 is 0 Å². The fourth-order valence-corrected chi connectivity index (χ4v) is 3.14. The first-order valence-electron chi connectivity index (χ1n) is 8.32. The second kappa shape index (κ2) is 6.71. The predicted molar refractivity (Wildman–Crippen MR) is 102 cm³/mol. The second-order valence-corrected chi connectivity index (χ2v) is 7.32. The Bertz CT molecular complexity index is 1030. The number of hydrogen-bond donors (Lipinski definition) is 0. The van der Waals surface area contributed by atoms with Crippen molar-refractivity contribution in [2.24, 2.45) is 0 Å². The predicted octanol–water partition coefficient (Wildman–Crippen LogP) is 6.15. The van der Waals surface area contributed by atoms with Crippen LogP contribution in [0.25, 0.3) is 32.8 Å². The summed E-state index contributed by atoms with van der Waals surface area (Å²) in [5.74, 6) is 0. The van der Waals surface area contributed by atoms with Crippen LogP contribution in [-0.2, 0) is 25.5 Å². The molecule has 0 aliphatic carbocycles. The van der Waals surface area contributed by atoms with E-state index in [1.807, 2.05) is 24.4 Å². The third kappa shape index (κ3) is 3.38. The summed E-state index contributed by atoms with van der Waals surface area (Å²) in [5.41, 5.74) is 3.53. The first-order chi connectivity index (χ1) is 11.5. The molecule has 0 amide bonds. The number of pyridine rings is 1. The molecule has 1 radical (unpaired) electrons. The molecule has 1 heterocycles. The Balaban J connectivity index is 0.00000182. The van der Waals surface area contributed by atoms with Gasteiger partial charge in [-0.1, -0.05) is 74.0 Å². The quantitative estimate of drug-likeness (QED) is 0.225. The van der Waals surface area contributed by atoms with Gasteiger partial charge >= 0.3 is 0 Å². The summed E-state index contributed by atoms with van der Waals surface area (Å²) >= 11 is 0. The zero-order valence-electron chi connectivity index (χ0n) is 14.6. The van der Waals surface area contributed by atoms with E-state index in [4.69, 9.17) is 0 Å². The molecule has 25 heavy (non-hydrogen) atoms. The molecule has 0 fully saturated rings. The Morgan fingerprint density at radius 1 is 0.840 bits per heavy atom. The summed E-state index contributed by atoms with van der Waals surface area (Å²) in [6.45, 7) is 6.76. The van der Waals surface area contributed by atoms with Crippen LogP contribution in [0, 0.1) is 6.07 Å². The Labute approximate surface area is 162 Å². The van der Waals surface area contributed by atoms with E-state index >= 15 is 0 Å². The topological polar surface area (TPSA) is 12.9 Å². The van der Waals surface area contributed by atoms with E-state index in [9.17, 15) is 0 Å². The molecule has 127 valence electrons. The molecule has 0 spiro atoms. The zero-order valence-corrected chi connectivity index (χ0v) is 17.0. The van der Waals surface area contributed by atoms with E-state index in [0.717, 1.165) is 11.3 Å². The minimum atomic E-state index is 0. The van der Waals surface area contributed by atoms with Gasteiger partial charge < -0.3 is 4.98 Å².